The second kappa shape index (κ2) is 8.59. The van der Waals surface area contributed by atoms with Gasteiger partial charge < -0.3 is 14.5 Å². The average molecular weight is 446 g/mol. The number of nitrogens with zero attached hydrogens (tertiary/aromatic N) is 2. The van der Waals surface area contributed by atoms with Crippen molar-refractivity contribution in [1.82, 2.24) is 9.38 Å². The first-order valence-corrected chi connectivity index (χ1v) is 11.6. The molecule has 0 fully saturated rings. The smallest absolute Gasteiger partial charge is 0.341 e. The molecule has 3 aromatic heterocycles. The standard InChI is InChI=1S/C25H23N3O3S/c1-2-31-25(30)22-18-10-6-7-11-20(18)32-24(22)27-23(29)17-12-13-28-15-19(26-21(28)14-17)16-8-4-3-5-9-16/h3-5,8-9,12-15H,2,6-7,10-11H2,1H3,(H,27,29). The lowest BCUT2D eigenvalue weighted by atomic mass is 9.95. The van der Waals surface area contributed by atoms with E-state index < -0.39 is 0 Å². The summed E-state index contributed by atoms with van der Waals surface area (Å²) in [6.45, 7) is 2.09. The summed E-state index contributed by atoms with van der Waals surface area (Å²) >= 11 is 1.49. The van der Waals surface area contributed by atoms with Gasteiger partial charge in [0.1, 0.15) is 10.6 Å². The van der Waals surface area contributed by atoms with Crippen LogP contribution in [0.5, 0.6) is 0 Å². The largest absolute Gasteiger partial charge is 0.462 e. The topological polar surface area (TPSA) is 72.7 Å². The number of anilines is 1. The summed E-state index contributed by atoms with van der Waals surface area (Å²) in [6.07, 6.45) is 7.70. The molecular weight excluding hydrogens is 422 g/mol. The van der Waals surface area contributed by atoms with E-state index in [9.17, 15) is 9.59 Å². The average Bonchev–Trinajstić information content (AvgIpc) is 3.40. The number of aryl methyl sites for hydroxylation is 1. The van der Waals surface area contributed by atoms with Crippen LogP contribution in [-0.4, -0.2) is 27.9 Å². The maximum atomic E-state index is 13.1. The molecule has 4 aromatic rings. The molecule has 6 nitrogen and oxygen atoms in total. The zero-order valence-electron chi connectivity index (χ0n) is 17.8. The highest BCUT2D eigenvalue weighted by Crippen LogP contribution is 2.38. The van der Waals surface area contributed by atoms with E-state index in [0.717, 1.165) is 42.5 Å². The number of benzene rings is 1. The van der Waals surface area contributed by atoms with E-state index in [1.807, 2.05) is 47.1 Å². The van der Waals surface area contributed by atoms with Gasteiger partial charge in [-0.2, -0.15) is 0 Å². The van der Waals surface area contributed by atoms with Crippen LogP contribution in [0.1, 0.15) is 50.9 Å². The predicted molar refractivity (Wildman–Crippen MR) is 125 cm³/mol. The zero-order valence-corrected chi connectivity index (χ0v) is 18.6. The second-order valence-corrected chi connectivity index (χ2v) is 8.87. The van der Waals surface area contributed by atoms with Gasteiger partial charge in [0.2, 0.25) is 0 Å². The molecule has 0 aliphatic heterocycles. The second-order valence-electron chi connectivity index (χ2n) is 7.76. The predicted octanol–water partition coefficient (Wildman–Crippen LogP) is 5.37. The third-order valence-electron chi connectivity index (χ3n) is 5.67. The van der Waals surface area contributed by atoms with Crippen molar-refractivity contribution in [1.29, 1.82) is 0 Å². The van der Waals surface area contributed by atoms with Crippen molar-refractivity contribution in [3.63, 3.8) is 0 Å². The maximum absolute atomic E-state index is 13.1. The van der Waals surface area contributed by atoms with Crippen molar-refractivity contribution < 1.29 is 14.3 Å². The number of hydrogen-bond acceptors (Lipinski definition) is 5. The third kappa shape index (κ3) is 3.80. The van der Waals surface area contributed by atoms with Gasteiger partial charge in [0.05, 0.1) is 17.9 Å². The molecule has 5 rings (SSSR count). The molecule has 1 aromatic carbocycles. The highest BCUT2D eigenvalue weighted by atomic mass is 32.1. The van der Waals surface area contributed by atoms with Crippen LogP contribution in [0, 0.1) is 0 Å². The van der Waals surface area contributed by atoms with E-state index in [1.165, 1.54) is 16.2 Å². The summed E-state index contributed by atoms with van der Waals surface area (Å²) in [5, 5.41) is 3.55. The molecular formula is C25H23N3O3S. The number of ether oxygens (including phenoxy) is 1. The Morgan fingerprint density at radius 1 is 1.16 bits per heavy atom. The Balaban J connectivity index is 1.45. The van der Waals surface area contributed by atoms with Gasteiger partial charge in [0, 0.05) is 28.4 Å². The number of amides is 1. The molecule has 0 bridgehead atoms. The Morgan fingerprint density at radius 3 is 2.78 bits per heavy atom. The van der Waals surface area contributed by atoms with Crippen LogP contribution in [0.4, 0.5) is 5.00 Å². The number of carbonyl (C=O) groups is 2. The number of hydrogen-bond donors (Lipinski definition) is 1. The van der Waals surface area contributed by atoms with E-state index in [2.05, 4.69) is 10.3 Å². The lowest BCUT2D eigenvalue weighted by Crippen LogP contribution is -2.16. The summed E-state index contributed by atoms with van der Waals surface area (Å²) < 4.78 is 7.18. The fraction of sp³-hybridized carbons (Fsp3) is 0.240. The highest BCUT2D eigenvalue weighted by molar-refractivity contribution is 7.17. The fourth-order valence-electron chi connectivity index (χ4n) is 4.12. The Morgan fingerprint density at radius 2 is 1.97 bits per heavy atom. The fourth-order valence-corrected chi connectivity index (χ4v) is 5.39. The van der Waals surface area contributed by atoms with Crippen LogP contribution < -0.4 is 5.32 Å². The van der Waals surface area contributed by atoms with E-state index in [0.29, 0.717) is 28.4 Å². The van der Waals surface area contributed by atoms with Crippen molar-refractivity contribution in [2.24, 2.45) is 0 Å². The summed E-state index contributed by atoms with van der Waals surface area (Å²) in [4.78, 5) is 31.6. The van der Waals surface area contributed by atoms with E-state index >= 15 is 0 Å². The monoisotopic (exact) mass is 445 g/mol. The van der Waals surface area contributed by atoms with Crippen LogP contribution >= 0.6 is 11.3 Å². The number of pyridine rings is 1. The molecule has 1 N–H and O–H groups in total. The number of aromatic nitrogens is 2. The number of imidazole rings is 1. The first kappa shape index (κ1) is 20.5. The van der Waals surface area contributed by atoms with Gasteiger partial charge in [-0.3, -0.25) is 4.79 Å². The van der Waals surface area contributed by atoms with Crippen molar-refractivity contribution >= 4 is 33.9 Å². The number of rotatable bonds is 5. The molecule has 1 aliphatic carbocycles. The van der Waals surface area contributed by atoms with E-state index in [-0.39, 0.29) is 11.9 Å². The van der Waals surface area contributed by atoms with Gasteiger partial charge in [0.25, 0.3) is 5.91 Å². The summed E-state index contributed by atoms with van der Waals surface area (Å²) in [6, 6.07) is 13.4. The molecule has 32 heavy (non-hydrogen) atoms. The van der Waals surface area contributed by atoms with Crippen LogP contribution in [0.15, 0.2) is 54.9 Å². The highest BCUT2D eigenvalue weighted by Gasteiger charge is 2.27. The lowest BCUT2D eigenvalue weighted by molar-refractivity contribution is 0.0526. The first-order chi connectivity index (χ1) is 15.6. The summed E-state index contributed by atoms with van der Waals surface area (Å²) in [5.74, 6) is -0.626. The van der Waals surface area contributed by atoms with Crippen LogP contribution in [0.3, 0.4) is 0 Å². The Kier molecular flexibility index (Phi) is 5.49. The minimum atomic E-state index is -0.363. The lowest BCUT2D eigenvalue weighted by Gasteiger charge is -2.12. The molecule has 1 amide bonds. The van der Waals surface area contributed by atoms with Crippen molar-refractivity contribution in [2.75, 3.05) is 11.9 Å². The molecule has 0 radical (unpaired) electrons. The van der Waals surface area contributed by atoms with Crippen molar-refractivity contribution in [2.45, 2.75) is 32.6 Å². The number of carbonyl (C=O) groups excluding carboxylic acids is 2. The molecule has 0 spiro atoms. The Labute approximate surface area is 189 Å². The zero-order chi connectivity index (χ0) is 22.1. The number of fused-ring (bicyclic) bond motifs is 2. The molecule has 162 valence electrons. The van der Waals surface area contributed by atoms with Gasteiger partial charge in [-0.05, 0) is 50.3 Å². The van der Waals surface area contributed by atoms with Gasteiger partial charge in [-0.1, -0.05) is 30.3 Å². The van der Waals surface area contributed by atoms with Gasteiger partial charge in [0.15, 0.2) is 0 Å². The number of nitrogens with one attached hydrogen (secondary N) is 1. The molecule has 0 saturated heterocycles. The van der Waals surface area contributed by atoms with Gasteiger partial charge in [-0.25, -0.2) is 9.78 Å². The molecule has 1 aliphatic rings. The minimum Gasteiger partial charge on any atom is -0.462 e. The molecule has 0 atom stereocenters. The Bertz CT molecular complexity index is 1310. The van der Waals surface area contributed by atoms with E-state index in [1.54, 1.807) is 19.1 Å². The van der Waals surface area contributed by atoms with Crippen LogP contribution in [0.2, 0.25) is 0 Å². The van der Waals surface area contributed by atoms with Crippen molar-refractivity contribution in [3.05, 3.63) is 76.4 Å². The number of esters is 1. The SMILES string of the molecule is CCOC(=O)c1c(NC(=O)c2ccn3cc(-c4ccccc4)nc3c2)sc2c1CCCC2. The molecule has 0 unspecified atom stereocenters. The normalized spacial score (nSPS) is 13.0. The molecule has 7 heteroatoms. The third-order valence-corrected chi connectivity index (χ3v) is 6.88. The van der Waals surface area contributed by atoms with Gasteiger partial charge >= 0.3 is 5.97 Å². The minimum absolute atomic E-state index is 0.263. The molecule has 3 heterocycles. The first-order valence-electron chi connectivity index (χ1n) is 10.8. The van der Waals surface area contributed by atoms with Crippen LogP contribution in [0.25, 0.3) is 16.9 Å². The molecule has 0 saturated carbocycles. The summed E-state index contributed by atoms with van der Waals surface area (Å²) in [5.41, 5.74) is 4.60. The summed E-state index contributed by atoms with van der Waals surface area (Å²) in [7, 11) is 0. The quantitative estimate of drug-likeness (QED) is 0.419. The Hall–Kier alpha value is -3.45. The van der Waals surface area contributed by atoms with Crippen LogP contribution in [-0.2, 0) is 17.6 Å². The number of thiophene rings is 1. The van der Waals surface area contributed by atoms with E-state index in [4.69, 9.17) is 4.74 Å². The van der Waals surface area contributed by atoms with Crippen molar-refractivity contribution in [3.8, 4) is 11.3 Å². The maximum Gasteiger partial charge on any atom is 0.341 e. The van der Waals surface area contributed by atoms with Gasteiger partial charge in [-0.15, -0.1) is 11.3 Å².